The predicted octanol–water partition coefficient (Wildman–Crippen LogP) is 2.63. The van der Waals surface area contributed by atoms with Crippen molar-refractivity contribution in [2.24, 2.45) is 5.92 Å². The molecule has 0 aromatic carbocycles. The van der Waals surface area contributed by atoms with Crippen LogP contribution in [0.2, 0.25) is 0 Å². The topological polar surface area (TPSA) is 38.0 Å². The molecular formula is C13H24N2O. The number of aliphatic hydroxyl groups is 1. The van der Waals surface area contributed by atoms with Gasteiger partial charge in [0, 0.05) is 25.4 Å². The molecule has 0 saturated carbocycles. The summed E-state index contributed by atoms with van der Waals surface area (Å²) in [5.74, 6) is 1.51. The first-order valence-electron chi connectivity index (χ1n) is 6.33. The largest absolute Gasteiger partial charge is 0.393 e. The normalized spacial score (nSPS) is 13.3. The Morgan fingerprint density at radius 2 is 2.19 bits per heavy atom. The third-order valence-corrected chi connectivity index (χ3v) is 2.94. The molecule has 3 nitrogen and oxygen atoms in total. The van der Waals surface area contributed by atoms with Gasteiger partial charge in [0.2, 0.25) is 0 Å². The fourth-order valence-corrected chi connectivity index (χ4v) is 1.82. The maximum absolute atomic E-state index is 9.70. The molecule has 0 saturated heterocycles. The Bertz CT molecular complexity index is 294. The average Bonchev–Trinajstić information content (AvgIpc) is 2.66. The van der Waals surface area contributed by atoms with Crippen molar-refractivity contribution in [1.29, 1.82) is 0 Å². The highest BCUT2D eigenvalue weighted by molar-refractivity contribution is 4.92. The van der Waals surface area contributed by atoms with E-state index in [0.29, 0.717) is 5.92 Å². The van der Waals surface area contributed by atoms with Crippen LogP contribution in [0.4, 0.5) is 0 Å². The molecule has 0 aliphatic rings. The van der Waals surface area contributed by atoms with Gasteiger partial charge in [0.15, 0.2) is 0 Å². The minimum Gasteiger partial charge on any atom is -0.393 e. The molecule has 1 rings (SSSR count). The van der Waals surface area contributed by atoms with E-state index in [1.54, 1.807) is 0 Å². The summed E-state index contributed by atoms with van der Waals surface area (Å²) in [6.45, 7) is 7.33. The van der Waals surface area contributed by atoms with Crippen LogP contribution in [0.15, 0.2) is 12.4 Å². The maximum atomic E-state index is 9.70. The lowest BCUT2D eigenvalue weighted by molar-refractivity contribution is 0.114. The Labute approximate surface area is 98.5 Å². The number of nitrogens with zero attached hydrogens (tertiary/aromatic N) is 2. The monoisotopic (exact) mass is 224 g/mol. The lowest BCUT2D eigenvalue weighted by Gasteiger charge is -2.14. The first kappa shape index (κ1) is 13.2. The van der Waals surface area contributed by atoms with Gasteiger partial charge in [-0.15, -0.1) is 0 Å². The number of aliphatic hydroxyl groups excluding tert-OH is 1. The smallest absolute Gasteiger partial charge is 0.108 e. The third-order valence-electron chi connectivity index (χ3n) is 2.94. The van der Waals surface area contributed by atoms with E-state index < -0.39 is 0 Å². The van der Waals surface area contributed by atoms with E-state index in [1.165, 1.54) is 0 Å². The van der Waals surface area contributed by atoms with Gasteiger partial charge in [0.05, 0.1) is 6.10 Å². The zero-order chi connectivity index (χ0) is 12.0. The Morgan fingerprint density at radius 1 is 1.44 bits per heavy atom. The Kier molecular flexibility index (Phi) is 5.53. The zero-order valence-electron chi connectivity index (χ0n) is 10.7. The Morgan fingerprint density at radius 3 is 2.81 bits per heavy atom. The summed E-state index contributed by atoms with van der Waals surface area (Å²) < 4.78 is 2.21. The van der Waals surface area contributed by atoms with Crippen molar-refractivity contribution in [1.82, 2.24) is 9.55 Å². The molecule has 92 valence electrons. The first-order chi connectivity index (χ1) is 7.65. The molecule has 3 heteroatoms. The second kappa shape index (κ2) is 6.69. The Hall–Kier alpha value is -0.830. The van der Waals surface area contributed by atoms with Gasteiger partial charge < -0.3 is 9.67 Å². The first-order valence-corrected chi connectivity index (χ1v) is 6.33. The van der Waals surface area contributed by atoms with Gasteiger partial charge in [0.1, 0.15) is 5.82 Å². The summed E-state index contributed by atoms with van der Waals surface area (Å²) in [5.41, 5.74) is 0. The molecule has 0 spiro atoms. The van der Waals surface area contributed by atoms with Gasteiger partial charge in [-0.05, 0) is 25.2 Å². The standard InChI is InChI=1S/C13H24N2O/c1-4-9-15-10-8-14-13(15)7-5-6-12(16)11(2)3/h8,10-12,16H,4-7,9H2,1-3H3. The highest BCUT2D eigenvalue weighted by atomic mass is 16.3. The highest BCUT2D eigenvalue weighted by Gasteiger charge is 2.09. The molecule has 0 radical (unpaired) electrons. The van der Waals surface area contributed by atoms with Gasteiger partial charge in [0.25, 0.3) is 0 Å². The molecule has 1 N–H and O–H groups in total. The van der Waals surface area contributed by atoms with Crippen LogP contribution in [0, 0.1) is 5.92 Å². The number of rotatable bonds is 7. The summed E-state index contributed by atoms with van der Waals surface area (Å²) in [5, 5.41) is 9.70. The molecule has 1 aromatic heterocycles. The quantitative estimate of drug-likeness (QED) is 0.773. The van der Waals surface area contributed by atoms with E-state index in [2.05, 4.69) is 30.3 Å². The summed E-state index contributed by atoms with van der Waals surface area (Å²) >= 11 is 0. The molecule has 0 amide bonds. The van der Waals surface area contributed by atoms with E-state index in [-0.39, 0.29) is 6.10 Å². The molecule has 0 aliphatic heterocycles. The third kappa shape index (κ3) is 3.97. The van der Waals surface area contributed by atoms with Crippen LogP contribution in [0.1, 0.15) is 45.9 Å². The van der Waals surface area contributed by atoms with Crippen LogP contribution in [-0.4, -0.2) is 20.8 Å². The van der Waals surface area contributed by atoms with Crippen molar-refractivity contribution in [2.75, 3.05) is 0 Å². The van der Waals surface area contributed by atoms with E-state index in [0.717, 1.165) is 38.1 Å². The summed E-state index contributed by atoms with van der Waals surface area (Å²) in [4.78, 5) is 4.36. The molecular weight excluding hydrogens is 200 g/mol. The van der Waals surface area contributed by atoms with Crippen molar-refractivity contribution < 1.29 is 5.11 Å². The lowest BCUT2D eigenvalue weighted by Crippen LogP contribution is -2.15. The number of imidazole rings is 1. The molecule has 0 aliphatic carbocycles. The number of aromatic nitrogens is 2. The highest BCUT2D eigenvalue weighted by Crippen LogP contribution is 2.11. The zero-order valence-corrected chi connectivity index (χ0v) is 10.7. The second-order valence-corrected chi connectivity index (χ2v) is 4.74. The molecule has 0 bridgehead atoms. The van der Waals surface area contributed by atoms with Gasteiger partial charge in [-0.25, -0.2) is 4.98 Å². The minimum atomic E-state index is -0.172. The van der Waals surface area contributed by atoms with Crippen LogP contribution in [0.5, 0.6) is 0 Å². The molecule has 1 unspecified atom stereocenters. The van der Waals surface area contributed by atoms with Gasteiger partial charge in [-0.1, -0.05) is 20.8 Å². The fraction of sp³-hybridized carbons (Fsp3) is 0.769. The maximum Gasteiger partial charge on any atom is 0.108 e. The number of aryl methyl sites for hydroxylation is 2. The van der Waals surface area contributed by atoms with Gasteiger partial charge in [-0.2, -0.15) is 0 Å². The van der Waals surface area contributed by atoms with E-state index >= 15 is 0 Å². The van der Waals surface area contributed by atoms with Crippen molar-refractivity contribution in [3.8, 4) is 0 Å². The number of hydrogen-bond donors (Lipinski definition) is 1. The lowest BCUT2D eigenvalue weighted by atomic mass is 10.0. The summed E-state index contributed by atoms with van der Waals surface area (Å²) in [6.07, 6.45) is 7.72. The van der Waals surface area contributed by atoms with Crippen LogP contribution in [-0.2, 0) is 13.0 Å². The summed E-state index contributed by atoms with van der Waals surface area (Å²) in [6, 6.07) is 0. The molecule has 1 aromatic rings. The molecule has 16 heavy (non-hydrogen) atoms. The predicted molar refractivity (Wildman–Crippen MR) is 66.3 cm³/mol. The van der Waals surface area contributed by atoms with Crippen LogP contribution in [0.3, 0.4) is 0 Å². The van der Waals surface area contributed by atoms with E-state index in [4.69, 9.17) is 0 Å². The van der Waals surface area contributed by atoms with Crippen molar-refractivity contribution in [2.45, 2.75) is 59.1 Å². The van der Waals surface area contributed by atoms with Crippen LogP contribution < -0.4 is 0 Å². The molecule has 1 heterocycles. The Balaban J connectivity index is 2.34. The van der Waals surface area contributed by atoms with Crippen molar-refractivity contribution in [3.05, 3.63) is 18.2 Å². The average molecular weight is 224 g/mol. The number of hydrogen-bond acceptors (Lipinski definition) is 2. The fourth-order valence-electron chi connectivity index (χ4n) is 1.82. The molecule has 0 fully saturated rings. The molecule has 1 atom stereocenters. The van der Waals surface area contributed by atoms with Crippen LogP contribution >= 0.6 is 0 Å². The van der Waals surface area contributed by atoms with E-state index in [9.17, 15) is 5.11 Å². The second-order valence-electron chi connectivity index (χ2n) is 4.74. The SMILES string of the molecule is CCCn1ccnc1CCCC(O)C(C)C. The minimum absolute atomic E-state index is 0.172. The van der Waals surface area contributed by atoms with Gasteiger partial charge in [-0.3, -0.25) is 0 Å². The van der Waals surface area contributed by atoms with Crippen LogP contribution in [0.25, 0.3) is 0 Å². The van der Waals surface area contributed by atoms with Crippen molar-refractivity contribution >= 4 is 0 Å². The summed E-state index contributed by atoms with van der Waals surface area (Å²) in [7, 11) is 0. The van der Waals surface area contributed by atoms with Crippen molar-refractivity contribution in [3.63, 3.8) is 0 Å². The van der Waals surface area contributed by atoms with Gasteiger partial charge >= 0.3 is 0 Å². The van der Waals surface area contributed by atoms with E-state index in [1.807, 2.05) is 12.4 Å².